The van der Waals surface area contributed by atoms with Crippen LogP contribution in [-0.4, -0.2) is 17.0 Å². The van der Waals surface area contributed by atoms with Crippen molar-refractivity contribution in [3.8, 4) is 0 Å². The van der Waals surface area contributed by atoms with Gasteiger partial charge in [0.25, 0.3) is 5.91 Å². The molecule has 1 N–H and O–H groups in total. The van der Waals surface area contributed by atoms with Crippen molar-refractivity contribution in [2.45, 2.75) is 33.2 Å². The first-order valence-electron chi connectivity index (χ1n) is 6.01. The van der Waals surface area contributed by atoms with Gasteiger partial charge in [0.1, 0.15) is 5.69 Å². The van der Waals surface area contributed by atoms with Crippen LogP contribution in [0.25, 0.3) is 10.2 Å². The molecule has 0 aliphatic carbocycles. The quantitative estimate of drug-likeness (QED) is 0.886. The average Bonchev–Trinajstić information content (AvgIpc) is 2.83. The minimum atomic E-state index is 0.0314. The van der Waals surface area contributed by atoms with Crippen LogP contribution in [0.2, 0.25) is 0 Å². The summed E-state index contributed by atoms with van der Waals surface area (Å²) in [6.07, 6.45) is 0.961. The maximum atomic E-state index is 12.1. The van der Waals surface area contributed by atoms with E-state index in [1.807, 2.05) is 6.07 Å². The third kappa shape index (κ3) is 2.22. The first-order valence-corrected chi connectivity index (χ1v) is 6.89. The van der Waals surface area contributed by atoms with Gasteiger partial charge in [-0.05, 0) is 37.8 Å². The lowest BCUT2D eigenvalue weighted by Crippen LogP contribution is -2.26. The van der Waals surface area contributed by atoms with Crippen molar-refractivity contribution in [3.63, 3.8) is 0 Å². The molecule has 0 unspecified atom stereocenters. The third-order valence-corrected chi connectivity index (χ3v) is 3.60. The van der Waals surface area contributed by atoms with Crippen LogP contribution in [0.15, 0.2) is 17.5 Å². The largest absolute Gasteiger partial charge is 0.351 e. The van der Waals surface area contributed by atoms with Gasteiger partial charge in [-0.2, -0.15) is 0 Å². The van der Waals surface area contributed by atoms with Gasteiger partial charge < -0.3 is 9.88 Å². The Morgan fingerprint density at radius 3 is 2.94 bits per heavy atom. The van der Waals surface area contributed by atoms with Crippen LogP contribution in [0.4, 0.5) is 0 Å². The Labute approximate surface area is 105 Å². The van der Waals surface area contributed by atoms with Crippen LogP contribution in [0, 0.1) is 0 Å². The van der Waals surface area contributed by atoms with E-state index in [-0.39, 0.29) is 5.91 Å². The smallest absolute Gasteiger partial charge is 0.267 e. The lowest BCUT2D eigenvalue weighted by molar-refractivity contribution is 0.0943. The van der Waals surface area contributed by atoms with Crippen LogP contribution in [0.1, 0.15) is 43.7 Å². The van der Waals surface area contributed by atoms with E-state index in [1.54, 1.807) is 11.3 Å². The Kier molecular flexibility index (Phi) is 3.52. The molecule has 0 aliphatic heterocycles. The molecule has 4 heteroatoms. The predicted molar refractivity (Wildman–Crippen MR) is 72.8 cm³/mol. The molecule has 0 radical (unpaired) electrons. The van der Waals surface area contributed by atoms with E-state index < -0.39 is 0 Å². The number of aromatic nitrogens is 1. The molecule has 2 aromatic rings. The molecule has 92 valence electrons. The monoisotopic (exact) mass is 250 g/mol. The summed E-state index contributed by atoms with van der Waals surface area (Å²) in [6, 6.07) is 4.37. The van der Waals surface area contributed by atoms with Crippen LogP contribution in [-0.2, 0) is 0 Å². The van der Waals surface area contributed by atoms with E-state index in [0.717, 1.165) is 24.2 Å². The van der Waals surface area contributed by atoms with E-state index >= 15 is 0 Å². The van der Waals surface area contributed by atoms with E-state index in [0.29, 0.717) is 6.04 Å². The fourth-order valence-electron chi connectivity index (χ4n) is 2.01. The van der Waals surface area contributed by atoms with Crippen molar-refractivity contribution < 1.29 is 4.79 Å². The molecular weight excluding hydrogens is 232 g/mol. The summed E-state index contributed by atoms with van der Waals surface area (Å²) >= 11 is 1.68. The van der Waals surface area contributed by atoms with E-state index in [1.165, 1.54) is 4.70 Å². The molecule has 3 nitrogen and oxygen atoms in total. The summed E-state index contributed by atoms with van der Waals surface area (Å²) in [5.74, 6) is 0.0314. The second-order valence-electron chi connectivity index (χ2n) is 4.42. The average molecular weight is 250 g/mol. The van der Waals surface area contributed by atoms with Crippen molar-refractivity contribution in [1.29, 1.82) is 0 Å². The van der Waals surface area contributed by atoms with Gasteiger partial charge in [-0.1, -0.05) is 6.92 Å². The van der Waals surface area contributed by atoms with Crippen molar-refractivity contribution in [3.05, 3.63) is 23.2 Å². The highest BCUT2D eigenvalue weighted by Crippen LogP contribution is 2.28. The van der Waals surface area contributed by atoms with E-state index in [2.05, 4.69) is 42.1 Å². The molecule has 2 aromatic heterocycles. The highest BCUT2D eigenvalue weighted by molar-refractivity contribution is 7.17. The van der Waals surface area contributed by atoms with Crippen molar-refractivity contribution in [2.75, 3.05) is 6.54 Å². The molecule has 0 saturated carbocycles. The standard InChI is InChI=1S/C13H18N2OS/c1-4-6-14-13(16)11-8-12-10(5-7-17-12)15(11)9(2)3/h5,7-9H,4,6H2,1-3H3,(H,14,16). The van der Waals surface area contributed by atoms with E-state index in [9.17, 15) is 4.79 Å². The lowest BCUT2D eigenvalue weighted by Gasteiger charge is -2.13. The van der Waals surface area contributed by atoms with Gasteiger partial charge in [0, 0.05) is 12.6 Å². The third-order valence-electron chi connectivity index (χ3n) is 2.74. The summed E-state index contributed by atoms with van der Waals surface area (Å²) in [5.41, 5.74) is 1.93. The van der Waals surface area contributed by atoms with Crippen LogP contribution < -0.4 is 5.32 Å². The number of amides is 1. The molecular formula is C13H18N2OS. The molecule has 0 fully saturated rings. The molecule has 0 spiro atoms. The van der Waals surface area contributed by atoms with Gasteiger partial charge in [0.2, 0.25) is 0 Å². The number of hydrogen-bond acceptors (Lipinski definition) is 2. The normalized spacial score (nSPS) is 11.3. The topological polar surface area (TPSA) is 34.0 Å². The van der Waals surface area contributed by atoms with Crippen molar-refractivity contribution >= 4 is 27.5 Å². The summed E-state index contributed by atoms with van der Waals surface area (Å²) in [4.78, 5) is 12.1. The maximum absolute atomic E-state index is 12.1. The van der Waals surface area contributed by atoms with Crippen molar-refractivity contribution in [2.24, 2.45) is 0 Å². The summed E-state index contributed by atoms with van der Waals surface area (Å²) in [5, 5.41) is 5.01. The number of fused-ring (bicyclic) bond motifs is 1. The molecule has 0 aromatic carbocycles. The SMILES string of the molecule is CCCNC(=O)c1cc2sccc2n1C(C)C. The van der Waals surface area contributed by atoms with Crippen molar-refractivity contribution in [1.82, 2.24) is 9.88 Å². The molecule has 0 aliphatic rings. The Morgan fingerprint density at radius 2 is 2.29 bits per heavy atom. The molecule has 2 heterocycles. The van der Waals surface area contributed by atoms with E-state index in [4.69, 9.17) is 0 Å². The van der Waals surface area contributed by atoms with Gasteiger partial charge in [-0.15, -0.1) is 11.3 Å². The summed E-state index contributed by atoms with van der Waals surface area (Å²) in [6.45, 7) is 7.00. The predicted octanol–water partition coefficient (Wildman–Crippen LogP) is 3.42. The number of nitrogens with zero attached hydrogens (tertiary/aromatic N) is 1. The highest BCUT2D eigenvalue weighted by Gasteiger charge is 2.17. The van der Waals surface area contributed by atoms with Gasteiger partial charge in [-0.25, -0.2) is 0 Å². The summed E-state index contributed by atoms with van der Waals surface area (Å²) < 4.78 is 3.29. The van der Waals surface area contributed by atoms with Gasteiger partial charge in [0.05, 0.1) is 10.2 Å². The fourth-order valence-corrected chi connectivity index (χ4v) is 2.82. The zero-order valence-corrected chi connectivity index (χ0v) is 11.3. The molecule has 1 amide bonds. The zero-order valence-electron chi connectivity index (χ0n) is 10.5. The van der Waals surface area contributed by atoms with Gasteiger partial charge in [0.15, 0.2) is 0 Å². The molecule has 0 saturated heterocycles. The van der Waals surface area contributed by atoms with Crippen LogP contribution in [0.5, 0.6) is 0 Å². The molecule has 0 atom stereocenters. The number of hydrogen-bond donors (Lipinski definition) is 1. The Morgan fingerprint density at radius 1 is 1.53 bits per heavy atom. The number of nitrogens with one attached hydrogen (secondary N) is 1. The minimum Gasteiger partial charge on any atom is -0.351 e. The Balaban J connectivity index is 2.41. The molecule has 0 bridgehead atoms. The summed E-state index contributed by atoms with van der Waals surface area (Å²) in [7, 11) is 0. The number of rotatable bonds is 4. The maximum Gasteiger partial charge on any atom is 0.267 e. The second-order valence-corrected chi connectivity index (χ2v) is 5.37. The zero-order chi connectivity index (χ0) is 12.4. The Hall–Kier alpha value is -1.29. The number of carbonyl (C=O) groups is 1. The van der Waals surface area contributed by atoms with Gasteiger partial charge in [-0.3, -0.25) is 4.79 Å². The van der Waals surface area contributed by atoms with Gasteiger partial charge >= 0.3 is 0 Å². The number of carbonyl (C=O) groups excluding carboxylic acids is 1. The lowest BCUT2D eigenvalue weighted by atomic mass is 10.3. The number of thiophene rings is 1. The first-order chi connectivity index (χ1) is 8.15. The Bertz CT molecular complexity index is 524. The van der Waals surface area contributed by atoms with Crippen LogP contribution >= 0.6 is 11.3 Å². The first kappa shape index (κ1) is 12.2. The molecule has 17 heavy (non-hydrogen) atoms. The minimum absolute atomic E-state index is 0.0314. The fraction of sp³-hybridized carbons (Fsp3) is 0.462. The molecule has 2 rings (SSSR count). The second kappa shape index (κ2) is 4.92. The van der Waals surface area contributed by atoms with Crippen LogP contribution in [0.3, 0.4) is 0 Å². The highest BCUT2D eigenvalue weighted by atomic mass is 32.1.